The Kier molecular flexibility index (Phi) is 5.25. The summed E-state index contributed by atoms with van der Waals surface area (Å²) in [6.07, 6.45) is 2.95. The molecule has 1 aliphatic carbocycles. The fourth-order valence-corrected chi connectivity index (χ4v) is 5.12. The minimum absolute atomic E-state index is 0.223. The van der Waals surface area contributed by atoms with Crippen LogP contribution in [-0.4, -0.2) is 49.8 Å². The molecule has 5 heteroatoms. The third-order valence-corrected chi connectivity index (χ3v) is 6.85. The highest BCUT2D eigenvalue weighted by atomic mass is 32.1. The van der Waals surface area contributed by atoms with Crippen LogP contribution in [0.3, 0.4) is 0 Å². The molecule has 0 radical (unpaired) electrons. The summed E-state index contributed by atoms with van der Waals surface area (Å²) in [5.41, 5.74) is 7.17. The molecule has 0 spiro atoms. The van der Waals surface area contributed by atoms with Crippen molar-refractivity contribution in [3.8, 4) is 0 Å². The third kappa shape index (κ3) is 3.83. The number of halogens is 1. The van der Waals surface area contributed by atoms with Crippen LogP contribution in [0, 0.1) is 5.92 Å². The van der Waals surface area contributed by atoms with Gasteiger partial charge in [-0.25, -0.2) is 4.39 Å². The first kappa shape index (κ1) is 17.3. The highest BCUT2D eigenvalue weighted by molar-refractivity contribution is 7.17. The molecule has 25 heavy (non-hydrogen) atoms. The molecular weight excluding hydrogens is 333 g/mol. The second-order valence-corrected chi connectivity index (χ2v) is 8.53. The Labute approximate surface area is 153 Å². The molecule has 1 aliphatic heterocycles. The number of anilines is 1. The quantitative estimate of drug-likeness (QED) is 0.897. The standard InChI is InChI=1S/C20H28FN3S/c21-17-14-15(4-5-18(17)22)6-8-23-9-11-24(12-10-23)19-2-1-3-20-16(19)7-13-25-20/h1-3,7,13,15,17-18H,4-6,8-12,14,22H2. The van der Waals surface area contributed by atoms with Crippen LogP contribution in [0.15, 0.2) is 29.6 Å². The zero-order valence-electron chi connectivity index (χ0n) is 14.7. The lowest BCUT2D eigenvalue weighted by atomic mass is 9.83. The summed E-state index contributed by atoms with van der Waals surface area (Å²) in [5, 5.41) is 3.56. The number of thiophene rings is 1. The summed E-state index contributed by atoms with van der Waals surface area (Å²) in [6, 6.07) is 8.63. The van der Waals surface area contributed by atoms with Crippen molar-refractivity contribution in [1.82, 2.24) is 4.90 Å². The number of alkyl halides is 1. The molecule has 2 N–H and O–H groups in total. The molecule has 3 atom stereocenters. The van der Waals surface area contributed by atoms with E-state index in [2.05, 4.69) is 39.4 Å². The summed E-state index contributed by atoms with van der Waals surface area (Å²) in [7, 11) is 0. The van der Waals surface area contributed by atoms with Crippen LogP contribution in [-0.2, 0) is 0 Å². The van der Waals surface area contributed by atoms with Crippen molar-refractivity contribution in [3.63, 3.8) is 0 Å². The van der Waals surface area contributed by atoms with Gasteiger partial charge in [0.25, 0.3) is 0 Å². The highest BCUT2D eigenvalue weighted by Gasteiger charge is 2.28. The highest BCUT2D eigenvalue weighted by Crippen LogP contribution is 2.31. The Morgan fingerprint density at radius 3 is 2.76 bits per heavy atom. The average Bonchev–Trinajstić information content (AvgIpc) is 3.12. The molecule has 136 valence electrons. The maximum absolute atomic E-state index is 13.8. The monoisotopic (exact) mass is 361 g/mol. The Hall–Kier alpha value is -1.17. The van der Waals surface area contributed by atoms with Gasteiger partial charge in [-0.3, -0.25) is 4.90 Å². The van der Waals surface area contributed by atoms with E-state index in [1.165, 1.54) is 15.8 Å². The van der Waals surface area contributed by atoms with Crippen LogP contribution in [0.4, 0.5) is 10.1 Å². The first-order chi connectivity index (χ1) is 12.2. The van der Waals surface area contributed by atoms with Crippen LogP contribution < -0.4 is 10.6 Å². The topological polar surface area (TPSA) is 32.5 Å². The summed E-state index contributed by atoms with van der Waals surface area (Å²) < 4.78 is 15.2. The van der Waals surface area contributed by atoms with Gasteiger partial charge in [0, 0.05) is 48.0 Å². The average molecular weight is 362 g/mol. The molecule has 2 heterocycles. The molecule has 0 bridgehead atoms. The van der Waals surface area contributed by atoms with E-state index >= 15 is 0 Å². The molecular formula is C20H28FN3S. The van der Waals surface area contributed by atoms with Crippen molar-refractivity contribution in [3.05, 3.63) is 29.6 Å². The van der Waals surface area contributed by atoms with E-state index in [-0.39, 0.29) is 6.04 Å². The van der Waals surface area contributed by atoms with Crippen molar-refractivity contribution in [2.24, 2.45) is 11.7 Å². The largest absolute Gasteiger partial charge is 0.368 e. The second-order valence-electron chi connectivity index (χ2n) is 7.59. The van der Waals surface area contributed by atoms with Gasteiger partial charge < -0.3 is 10.6 Å². The predicted molar refractivity (Wildman–Crippen MR) is 105 cm³/mol. The van der Waals surface area contributed by atoms with Gasteiger partial charge in [0.05, 0.1) is 0 Å². The predicted octanol–water partition coefficient (Wildman–Crippen LogP) is 3.88. The van der Waals surface area contributed by atoms with E-state index in [1.54, 1.807) is 0 Å². The minimum Gasteiger partial charge on any atom is -0.368 e. The van der Waals surface area contributed by atoms with Gasteiger partial charge in [-0.2, -0.15) is 0 Å². The number of piperazine rings is 1. The van der Waals surface area contributed by atoms with Gasteiger partial charge >= 0.3 is 0 Å². The van der Waals surface area contributed by atoms with Crippen LogP contribution >= 0.6 is 11.3 Å². The van der Waals surface area contributed by atoms with E-state index in [1.807, 2.05) is 11.3 Å². The van der Waals surface area contributed by atoms with Crippen LogP contribution in [0.5, 0.6) is 0 Å². The number of rotatable bonds is 4. The lowest BCUT2D eigenvalue weighted by Crippen LogP contribution is -2.47. The van der Waals surface area contributed by atoms with Gasteiger partial charge in [0.2, 0.25) is 0 Å². The van der Waals surface area contributed by atoms with Gasteiger partial charge in [-0.05, 0) is 61.7 Å². The van der Waals surface area contributed by atoms with Crippen molar-refractivity contribution < 1.29 is 4.39 Å². The van der Waals surface area contributed by atoms with Crippen LogP contribution in [0.2, 0.25) is 0 Å². The number of hydrogen-bond donors (Lipinski definition) is 1. The van der Waals surface area contributed by atoms with Gasteiger partial charge in [-0.15, -0.1) is 11.3 Å². The van der Waals surface area contributed by atoms with Crippen molar-refractivity contribution in [2.75, 3.05) is 37.6 Å². The molecule has 2 aliphatic rings. The van der Waals surface area contributed by atoms with Gasteiger partial charge in [0.15, 0.2) is 0 Å². The van der Waals surface area contributed by atoms with Crippen LogP contribution in [0.1, 0.15) is 25.7 Å². The SMILES string of the molecule is NC1CCC(CCN2CCN(c3cccc4sccc34)CC2)CC1F. The number of hydrogen-bond acceptors (Lipinski definition) is 4. The lowest BCUT2D eigenvalue weighted by Gasteiger charge is -2.37. The molecule has 2 fully saturated rings. The Morgan fingerprint density at radius 2 is 1.96 bits per heavy atom. The molecule has 1 aromatic carbocycles. The van der Waals surface area contributed by atoms with E-state index in [0.29, 0.717) is 12.3 Å². The van der Waals surface area contributed by atoms with Crippen molar-refractivity contribution >= 4 is 27.1 Å². The number of fused-ring (bicyclic) bond motifs is 1. The molecule has 3 unspecified atom stereocenters. The van der Waals surface area contributed by atoms with E-state index in [9.17, 15) is 4.39 Å². The molecule has 3 nitrogen and oxygen atoms in total. The zero-order chi connectivity index (χ0) is 17.2. The van der Waals surface area contributed by atoms with Crippen LogP contribution in [0.25, 0.3) is 10.1 Å². The maximum Gasteiger partial charge on any atom is 0.115 e. The summed E-state index contributed by atoms with van der Waals surface area (Å²) in [5.74, 6) is 0.521. The van der Waals surface area contributed by atoms with Gasteiger partial charge in [0.1, 0.15) is 6.17 Å². The fraction of sp³-hybridized carbons (Fsp3) is 0.600. The first-order valence-electron chi connectivity index (χ1n) is 9.54. The molecule has 1 saturated heterocycles. The maximum atomic E-state index is 13.8. The smallest absolute Gasteiger partial charge is 0.115 e. The van der Waals surface area contributed by atoms with E-state index in [4.69, 9.17) is 5.73 Å². The summed E-state index contributed by atoms with van der Waals surface area (Å²) in [4.78, 5) is 5.06. The summed E-state index contributed by atoms with van der Waals surface area (Å²) in [6.45, 7) is 5.47. The number of benzene rings is 1. The zero-order valence-corrected chi connectivity index (χ0v) is 15.6. The first-order valence-corrected chi connectivity index (χ1v) is 10.4. The Balaban J connectivity index is 1.28. The molecule has 4 rings (SSSR count). The normalized spacial score (nSPS) is 28.6. The number of nitrogens with two attached hydrogens (primary N) is 1. The Bertz CT molecular complexity index is 695. The van der Waals surface area contributed by atoms with Crippen molar-refractivity contribution in [1.29, 1.82) is 0 Å². The minimum atomic E-state index is -0.790. The molecule has 2 aromatic rings. The lowest BCUT2D eigenvalue weighted by molar-refractivity contribution is 0.150. The van der Waals surface area contributed by atoms with Gasteiger partial charge in [-0.1, -0.05) is 6.07 Å². The second kappa shape index (κ2) is 7.60. The molecule has 0 amide bonds. The molecule has 1 saturated carbocycles. The third-order valence-electron chi connectivity index (χ3n) is 5.97. The Morgan fingerprint density at radius 1 is 1.12 bits per heavy atom. The fourth-order valence-electron chi connectivity index (χ4n) is 4.31. The summed E-state index contributed by atoms with van der Waals surface area (Å²) >= 11 is 1.81. The van der Waals surface area contributed by atoms with Crippen molar-refractivity contribution in [2.45, 2.75) is 37.9 Å². The molecule has 1 aromatic heterocycles. The van der Waals surface area contributed by atoms with E-state index < -0.39 is 6.17 Å². The van der Waals surface area contributed by atoms with E-state index in [0.717, 1.165) is 52.0 Å². The number of nitrogens with zero attached hydrogens (tertiary/aromatic N) is 2.